The summed E-state index contributed by atoms with van der Waals surface area (Å²) in [4.78, 5) is 12.4. The van der Waals surface area contributed by atoms with Crippen LogP contribution in [0.4, 0.5) is 0 Å². The van der Waals surface area contributed by atoms with E-state index in [2.05, 4.69) is 38.7 Å². The van der Waals surface area contributed by atoms with E-state index >= 15 is 0 Å². The van der Waals surface area contributed by atoms with Gasteiger partial charge >= 0.3 is 5.97 Å². The van der Waals surface area contributed by atoms with Gasteiger partial charge in [-0.05, 0) is 93.8 Å². The van der Waals surface area contributed by atoms with Crippen LogP contribution >= 0.6 is 0 Å². The number of allylic oxidation sites excluding steroid dienone is 4. The van der Waals surface area contributed by atoms with Crippen molar-refractivity contribution in [2.75, 3.05) is 6.61 Å². The Morgan fingerprint density at radius 2 is 2.09 bits per heavy atom. The molecular weight excluding hydrogens is 440 g/mol. The molecule has 196 valence electrons. The van der Waals surface area contributed by atoms with Gasteiger partial charge in [0.25, 0.3) is 0 Å². The van der Waals surface area contributed by atoms with E-state index in [1.807, 2.05) is 20.8 Å². The third-order valence-corrected chi connectivity index (χ3v) is 8.29. The van der Waals surface area contributed by atoms with Crippen LogP contribution in [0.3, 0.4) is 0 Å². The Bertz CT molecular complexity index is 879. The first-order chi connectivity index (χ1) is 16.5. The molecule has 0 radical (unpaired) electrons. The van der Waals surface area contributed by atoms with Crippen molar-refractivity contribution in [1.82, 2.24) is 0 Å². The fourth-order valence-electron chi connectivity index (χ4n) is 6.22. The third kappa shape index (κ3) is 6.75. The van der Waals surface area contributed by atoms with Crippen molar-refractivity contribution >= 4 is 5.97 Å². The van der Waals surface area contributed by atoms with E-state index in [1.54, 1.807) is 0 Å². The third-order valence-electron chi connectivity index (χ3n) is 8.29. The maximum atomic E-state index is 12.4. The highest BCUT2D eigenvalue weighted by Crippen LogP contribution is 2.55. The quantitative estimate of drug-likeness (QED) is 0.310. The molecule has 0 amide bonds. The standard InChI is InChI=1S/C30H46O5/c1-7-8-15-29(4,5)35-28(33)19-34-21(3)25-13-14-26-22(10-9-16-30(25,26)6)11-12-23-17-24(31)18-27(32)20(23)2/h11-13,21,24,26-27,31-32H,2,7-10,14-19H2,1,3-6H3/t21-,24+,26-,27-,30+/m0/s1. The number of aliphatic hydroxyl groups is 2. The SMILES string of the molecule is C=C1C(=CC=C2CCC[C@]3(C)C([C@H](C)OCC(=O)OC(C)(C)CCCC)=CC[C@@H]23)C[C@@H](O)C[C@@H]1O. The van der Waals surface area contributed by atoms with Crippen LogP contribution in [0.5, 0.6) is 0 Å². The lowest BCUT2D eigenvalue weighted by molar-refractivity contribution is -0.163. The fraction of sp³-hybridized carbons (Fsp3) is 0.700. The fourth-order valence-corrected chi connectivity index (χ4v) is 6.22. The van der Waals surface area contributed by atoms with Crippen LogP contribution in [-0.2, 0) is 14.3 Å². The van der Waals surface area contributed by atoms with Crippen LogP contribution in [-0.4, -0.2) is 46.7 Å². The molecule has 0 spiro atoms. The molecule has 0 aromatic carbocycles. The van der Waals surface area contributed by atoms with Crippen LogP contribution in [0.15, 0.2) is 47.1 Å². The van der Waals surface area contributed by atoms with Crippen molar-refractivity contribution in [1.29, 1.82) is 0 Å². The van der Waals surface area contributed by atoms with Crippen molar-refractivity contribution < 1.29 is 24.5 Å². The van der Waals surface area contributed by atoms with Crippen molar-refractivity contribution in [3.8, 4) is 0 Å². The van der Waals surface area contributed by atoms with E-state index in [9.17, 15) is 15.0 Å². The minimum atomic E-state index is -0.665. The molecule has 5 atom stereocenters. The Morgan fingerprint density at radius 1 is 1.34 bits per heavy atom. The van der Waals surface area contributed by atoms with Crippen molar-refractivity contribution in [3.63, 3.8) is 0 Å². The summed E-state index contributed by atoms with van der Waals surface area (Å²) in [6.45, 7) is 14.4. The Balaban J connectivity index is 1.63. The first-order valence-corrected chi connectivity index (χ1v) is 13.5. The largest absolute Gasteiger partial charge is 0.458 e. The topological polar surface area (TPSA) is 76.0 Å². The second-order valence-corrected chi connectivity index (χ2v) is 11.6. The first-order valence-electron chi connectivity index (χ1n) is 13.5. The number of hydrogen-bond donors (Lipinski definition) is 2. The lowest BCUT2D eigenvalue weighted by Gasteiger charge is -2.42. The molecular formula is C30H46O5. The molecule has 2 saturated carbocycles. The average molecular weight is 487 g/mol. The summed E-state index contributed by atoms with van der Waals surface area (Å²) >= 11 is 0. The molecule has 0 unspecified atom stereocenters. The second kappa shape index (κ2) is 11.6. The second-order valence-electron chi connectivity index (χ2n) is 11.6. The van der Waals surface area contributed by atoms with Gasteiger partial charge in [-0.15, -0.1) is 0 Å². The molecule has 0 heterocycles. The molecule has 5 heteroatoms. The zero-order chi connectivity index (χ0) is 25.8. The molecule has 35 heavy (non-hydrogen) atoms. The number of rotatable bonds is 9. The van der Waals surface area contributed by atoms with Gasteiger partial charge in [0.1, 0.15) is 12.2 Å². The van der Waals surface area contributed by atoms with E-state index in [0.717, 1.165) is 56.1 Å². The highest BCUT2D eigenvalue weighted by atomic mass is 16.6. The molecule has 5 nitrogen and oxygen atoms in total. The van der Waals surface area contributed by atoms with Crippen LogP contribution in [0.2, 0.25) is 0 Å². The molecule has 3 aliphatic rings. The monoisotopic (exact) mass is 486 g/mol. The van der Waals surface area contributed by atoms with Crippen LogP contribution in [0.1, 0.15) is 92.4 Å². The van der Waals surface area contributed by atoms with Gasteiger partial charge in [-0.2, -0.15) is 0 Å². The molecule has 0 aromatic rings. The van der Waals surface area contributed by atoms with Crippen molar-refractivity contribution in [2.24, 2.45) is 11.3 Å². The highest BCUT2D eigenvalue weighted by Gasteiger charge is 2.46. The Morgan fingerprint density at radius 3 is 2.80 bits per heavy atom. The Hall–Kier alpha value is -1.69. The molecule has 3 rings (SSSR count). The molecule has 0 aliphatic heterocycles. The van der Waals surface area contributed by atoms with Crippen LogP contribution in [0, 0.1) is 11.3 Å². The molecule has 2 fully saturated rings. The summed E-state index contributed by atoms with van der Waals surface area (Å²) in [5.74, 6) is 0.104. The predicted octanol–water partition coefficient (Wildman–Crippen LogP) is 5.96. The average Bonchev–Trinajstić information content (AvgIpc) is 3.14. The van der Waals surface area contributed by atoms with Crippen LogP contribution in [0.25, 0.3) is 0 Å². The van der Waals surface area contributed by atoms with Gasteiger partial charge in [0, 0.05) is 6.42 Å². The number of ether oxygens (including phenoxy) is 2. The minimum absolute atomic E-state index is 0.00884. The van der Waals surface area contributed by atoms with Gasteiger partial charge in [-0.3, -0.25) is 0 Å². The van der Waals surface area contributed by atoms with Gasteiger partial charge in [0.2, 0.25) is 0 Å². The molecule has 3 aliphatic carbocycles. The predicted molar refractivity (Wildman–Crippen MR) is 140 cm³/mol. The number of carbonyl (C=O) groups is 1. The van der Waals surface area contributed by atoms with Gasteiger partial charge in [-0.1, -0.05) is 50.6 Å². The maximum Gasteiger partial charge on any atom is 0.332 e. The smallest absolute Gasteiger partial charge is 0.332 e. The number of fused-ring (bicyclic) bond motifs is 1. The Kier molecular flexibility index (Phi) is 9.22. The zero-order valence-electron chi connectivity index (χ0n) is 22.4. The zero-order valence-corrected chi connectivity index (χ0v) is 22.4. The summed E-state index contributed by atoms with van der Waals surface area (Å²) < 4.78 is 11.7. The summed E-state index contributed by atoms with van der Waals surface area (Å²) in [6, 6.07) is 0. The molecule has 0 aromatic heterocycles. The molecule has 0 bridgehead atoms. The van der Waals surface area contributed by atoms with Crippen molar-refractivity contribution in [3.05, 3.63) is 47.1 Å². The summed E-state index contributed by atoms with van der Waals surface area (Å²) in [6.07, 6.45) is 13.3. The normalized spacial score (nSPS) is 32.5. The van der Waals surface area contributed by atoms with Gasteiger partial charge < -0.3 is 19.7 Å². The van der Waals surface area contributed by atoms with E-state index < -0.39 is 17.8 Å². The number of hydrogen-bond acceptors (Lipinski definition) is 5. The van der Waals surface area contributed by atoms with Gasteiger partial charge in [-0.25, -0.2) is 4.79 Å². The Labute approximate surface area is 212 Å². The van der Waals surface area contributed by atoms with Gasteiger partial charge in [0.05, 0.1) is 18.3 Å². The van der Waals surface area contributed by atoms with E-state index in [0.29, 0.717) is 18.8 Å². The lowest BCUT2D eigenvalue weighted by Crippen LogP contribution is -2.36. The molecule has 0 saturated heterocycles. The summed E-state index contributed by atoms with van der Waals surface area (Å²) in [5.41, 5.74) is 3.91. The van der Waals surface area contributed by atoms with Gasteiger partial charge in [0.15, 0.2) is 0 Å². The van der Waals surface area contributed by atoms with E-state index in [4.69, 9.17) is 9.47 Å². The lowest BCUT2D eigenvalue weighted by atomic mass is 9.63. The number of unbranched alkanes of at least 4 members (excludes halogenated alkanes) is 1. The summed E-state index contributed by atoms with van der Waals surface area (Å²) in [5, 5.41) is 20.2. The maximum absolute atomic E-state index is 12.4. The van der Waals surface area contributed by atoms with Crippen LogP contribution < -0.4 is 0 Å². The van der Waals surface area contributed by atoms with Crippen molar-refractivity contribution in [2.45, 2.75) is 116 Å². The number of carbonyl (C=O) groups excluding carboxylic acids is 1. The number of aliphatic hydroxyl groups excluding tert-OH is 2. The highest BCUT2D eigenvalue weighted by molar-refractivity contribution is 5.71. The summed E-state index contributed by atoms with van der Waals surface area (Å²) in [7, 11) is 0. The van der Waals surface area contributed by atoms with E-state index in [1.165, 1.54) is 11.1 Å². The number of esters is 1. The molecule has 2 N–H and O–H groups in total. The first kappa shape index (κ1) is 27.9. The minimum Gasteiger partial charge on any atom is -0.458 e. The van der Waals surface area contributed by atoms with E-state index in [-0.39, 0.29) is 24.1 Å².